The van der Waals surface area contributed by atoms with E-state index in [0.717, 1.165) is 10.4 Å². The molecule has 0 radical (unpaired) electrons. The van der Waals surface area contributed by atoms with E-state index < -0.39 is 17.9 Å². The van der Waals surface area contributed by atoms with Crippen molar-refractivity contribution < 1.29 is 23.6 Å². The summed E-state index contributed by atoms with van der Waals surface area (Å²) in [5, 5.41) is 20.2. The van der Waals surface area contributed by atoms with Crippen LogP contribution >= 0.6 is 11.3 Å². The summed E-state index contributed by atoms with van der Waals surface area (Å²) in [6, 6.07) is 19.5. The minimum atomic E-state index is -1.12. The molecule has 0 bridgehead atoms. The predicted molar refractivity (Wildman–Crippen MR) is 144 cm³/mol. The van der Waals surface area contributed by atoms with Gasteiger partial charge >= 0.3 is 5.97 Å². The molecule has 5 aromatic rings. The lowest BCUT2D eigenvalue weighted by Gasteiger charge is -2.18. The molecular formula is C28H23FN4O4S. The number of amides is 1. The van der Waals surface area contributed by atoms with Gasteiger partial charge in [0.25, 0.3) is 5.91 Å². The molecule has 0 saturated heterocycles. The summed E-state index contributed by atoms with van der Waals surface area (Å²) in [6.45, 7) is 3.44. The maximum atomic E-state index is 13.5. The molecule has 0 spiro atoms. The summed E-state index contributed by atoms with van der Waals surface area (Å²) in [5.74, 6) is -2.12. The van der Waals surface area contributed by atoms with E-state index >= 15 is 0 Å². The van der Waals surface area contributed by atoms with Crippen molar-refractivity contribution in [3.05, 3.63) is 84.2 Å². The van der Waals surface area contributed by atoms with Gasteiger partial charge in [0.05, 0.1) is 10.2 Å². The summed E-state index contributed by atoms with van der Waals surface area (Å²) >= 11 is 1.33. The Labute approximate surface area is 221 Å². The monoisotopic (exact) mass is 530 g/mol. The van der Waals surface area contributed by atoms with E-state index in [1.165, 1.54) is 23.5 Å². The highest BCUT2D eigenvalue weighted by Crippen LogP contribution is 2.34. The van der Waals surface area contributed by atoms with Crippen molar-refractivity contribution in [3.63, 3.8) is 0 Å². The second-order valence-electron chi connectivity index (χ2n) is 8.97. The molecule has 0 aliphatic rings. The Balaban J connectivity index is 1.47. The van der Waals surface area contributed by atoms with Crippen molar-refractivity contribution in [3.8, 4) is 22.6 Å². The molecule has 0 aliphatic carbocycles. The van der Waals surface area contributed by atoms with Gasteiger partial charge in [0, 0.05) is 16.8 Å². The van der Waals surface area contributed by atoms with Gasteiger partial charge in [-0.3, -0.25) is 4.79 Å². The van der Waals surface area contributed by atoms with Crippen LogP contribution in [0.2, 0.25) is 0 Å². The van der Waals surface area contributed by atoms with E-state index in [-0.39, 0.29) is 28.8 Å². The molecule has 5 rings (SSSR count). The van der Waals surface area contributed by atoms with Gasteiger partial charge in [0.1, 0.15) is 23.1 Å². The van der Waals surface area contributed by atoms with Crippen LogP contribution < -0.4 is 10.6 Å². The highest BCUT2D eigenvalue weighted by molar-refractivity contribution is 7.22. The van der Waals surface area contributed by atoms with E-state index in [4.69, 9.17) is 4.52 Å². The number of thiazole rings is 1. The quantitative estimate of drug-likeness (QED) is 0.214. The number of carboxylic acid groups (broad SMARTS) is 1. The van der Waals surface area contributed by atoms with E-state index in [2.05, 4.69) is 20.8 Å². The maximum absolute atomic E-state index is 13.5. The smallest absolute Gasteiger partial charge is 0.326 e. The van der Waals surface area contributed by atoms with Gasteiger partial charge in [-0.05, 0) is 36.2 Å². The summed E-state index contributed by atoms with van der Waals surface area (Å²) in [5.41, 5.74) is 3.11. The van der Waals surface area contributed by atoms with E-state index in [0.29, 0.717) is 21.8 Å². The molecule has 0 aliphatic heterocycles. The highest BCUT2D eigenvalue weighted by atomic mass is 32.1. The first kappa shape index (κ1) is 25.1. The van der Waals surface area contributed by atoms with Crippen molar-refractivity contribution in [1.29, 1.82) is 0 Å². The number of anilines is 2. The number of nitrogens with one attached hydrogen (secondary N) is 2. The van der Waals surface area contributed by atoms with Crippen molar-refractivity contribution in [2.45, 2.75) is 19.9 Å². The molecule has 0 fully saturated rings. The Bertz CT molecular complexity index is 1610. The molecule has 0 unspecified atom stereocenters. The van der Waals surface area contributed by atoms with Gasteiger partial charge < -0.3 is 20.3 Å². The third-order valence-electron chi connectivity index (χ3n) is 5.93. The van der Waals surface area contributed by atoms with E-state index in [1.54, 1.807) is 56.3 Å². The number of fused-ring (bicyclic) bond motifs is 1. The van der Waals surface area contributed by atoms with Crippen molar-refractivity contribution in [2.24, 2.45) is 5.92 Å². The molecule has 2 heterocycles. The zero-order chi connectivity index (χ0) is 26.8. The summed E-state index contributed by atoms with van der Waals surface area (Å²) in [4.78, 5) is 29.6. The Hall–Kier alpha value is -4.57. The fourth-order valence-electron chi connectivity index (χ4n) is 4.00. The Morgan fingerprint density at radius 1 is 1.00 bits per heavy atom. The van der Waals surface area contributed by atoms with Crippen LogP contribution in [0.1, 0.15) is 24.2 Å². The molecule has 192 valence electrons. The van der Waals surface area contributed by atoms with E-state index in [9.17, 15) is 19.1 Å². The molecule has 2 aromatic heterocycles. The van der Waals surface area contributed by atoms with Gasteiger partial charge in [-0.15, -0.1) is 0 Å². The second kappa shape index (κ2) is 10.4. The standard InChI is InChI=1S/C28H23FN4O4S/c1-15(2)23(27(35)36)32-26(34)22-24(33-37-25(22)17-6-4-3-5-7-17)16-8-11-19(12-9-16)30-28-31-20-13-10-18(29)14-21(20)38-28/h3-15,23H,1-2H3,(H,30,31)(H,32,34)(H,35,36)/t23-/m0/s1. The number of carbonyl (C=O) groups is 2. The number of rotatable bonds is 8. The number of aliphatic carboxylic acids is 1. The van der Waals surface area contributed by atoms with Crippen LogP contribution in [0.4, 0.5) is 15.2 Å². The van der Waals surface area contributed by atoms with Crippen LogP contribution in [-0.2, 0) is 4.79 Å². The molecule has 0 saturated carbocycles. The topological polar surface area (TPSA) is 117 Å². The third kappa shape index (κ3) is 5.12. The Morgan fingerprint density at radius 2 is 1.74 bits per heavy atom. The Morgan fingerprint density at radius 3 is 2.42 bits per heavy atom. The minimum Gasteiger partial charge on any atom is -0.480 e. The minimum absolute atomic E-state index is 0.150. The lowest BCUT2D eigenvalue weighted by molar-refractivity contribution is -0.140. The zero-order valence-electron chi connectivity index (χ0n) is 20.4. The van der Waals surface area contributed by atoms with Crippen LogP contribution in [0.15, 0.2) is 77.3 Å². The fourth-order valence-corrected chi connectivity index (χ4v) is 4.91. The van der Waals surface area contributed by atoms with Crippen LogP contribution in [-0.4, -0.2) is 33.2 Å². The number of benzene rings is 3. The average molecular weight is 531 g/mol. The maximum Gasteiger partial charge on any atom is 0.326 e. The summed E-state index contributed by atoms with van der Waals surface area (Å²) in [6.07, 6.45) is 0. The normalized spacial score (nSPS) is 12.0. The first-order chi connectivity index (χ1) is 18.3. The van der Waals surface area contributed by atoms with Crippen LogP contribution in [0.5, 0.6) is 0 Å². The van der Waals surface area contributed by atoms with Gasteiger partial charge in [-0.2, -0.15) is 0 Å². The molecular weight excluding hydrogens is 507 g/mol. The number of carbonyl (C=O) groups excluding carboxylic acids is 1. The number of nitrogens with zero attached hydrogens (tertiary/aromatic N) is 2. The van der Waals surface area contributed by atoms with Crippen molar-refractivity contribution in [1.82, 2.24) is 15.5 Å². The van der Waals surface area contributed by atoms with Gasteiger partial charge in [0.2, 0.25) is 0 Å². The predicted octanol–water partition coefficient (Wildman–Crippen LogP) is 6.34. The first-order valence-electron chi connectivity index (χ1n) is 11.8. The van der Waals surface area contributed by atoms with Gasteiger partial charge in [0.15, 0.2) is 10.9 Å². The number of halogens is 1. The van der Waals surface area contributed by atoms with Gasteiger partial charge in [-0.25, -0.2) is 14.2 Å². The van der Waals surface area contributed by atoms with Crippen LogP contribution in [0, 0.1) is 11.7 Å². The van der Waals surface area contributed by atoms with Crippen LogP contribution in [0.3, 0.4) is 0 Å². The molecule has 10 heteroatoms. The lowest BCUT2D eigenvalue weighted by atomic mass is 9.99. The van der Waals surface area contributed by atoms with Gasteiger partial charge in [-0.1, -0.05) is 72.8 Å². The molecule has 1 amide bonds. The fraction of sp³-hybridized carbons (Fsp3) is 0.143. The molecule has 3 aromatic carbocycles. The molecule has 38 heavy (non-hydrogen) atoms. The largest absolute Gasteiger partial charge is 0.480 e. The van der Waals surface area contributed by atoms with Crippen molar-refractivity contribution >= 4 is 44.2 Å². The lowest BCUT2D eigenvalue weighted by Crippen LogP contribution is -2.44. The molecule has 3 N–H and O–H groups in total. The zero-order valence-corrected chi connectivity index (χ0v) is 21.3. The average Bonchev–Trinajstić information content (AvgIpc) is 3.51. The second-order valence-corrected chi connectivity index (χ2v) is 10.00. The number of hydrogen-bond donors (Lipinski definition) is 3. The molecule has 1 atom stereocenters. The van der Waals surface area contributed by atoms with Crippen LogP contribution in [0.25, 0.3) is 32.8 Å². The number of carboxylic acids is 1. The summed E-state index contributed by atoms with van der Waals surface area (Å²) < 4.78 is 19.9. The SMILES string of the molecule is CC(C)[C@H](NC(=O)c1c(-c2ccc(Nc3nc4ccc(F)cc4s3)cc2)noc1-c1ccccc1)C(=O)O. The van der Waals surface area contributed by atoms with Crippen molar-refractivity contribution in [2.75, 3.05) is 5.32 Å². The Kier molecular flexibility index (Phi) is 6.89. The number of aromatic nitrogens is 2. The van der Waals surface area contributed by atoms with E-state index in [1.807, 2.05) is 18.2 Å². The number of hydrogen-bond acceptors (Lipinski definition) is 7. The first-order valence-corrected chi connectivity index (χ1v) is 12.6. The molecule has 8 nitrogen and oxygen atoms in total. The highest BCUT2D eigenvalue weighted by Gasteiger charge is 2.30. The summed E-state index contributed by atoms with van der Waals surface area (Å²) in [7, 11) is 0. The third-order valence-corrected chi connectivity index (χ3v) is 6.87.